The maximum absolute atomic E-state index is 5.92. The molecule has 0 aromatic heterocycles. The molecule has 15 heavy (non-hydrogen) atoms. The Morgan fingerprint density at radius 3 is 2.60 bits per heavy atom. The number of thiocarbonyl (C=S) groups is 1. The van der Waals surface area contributed by atoms with Gasteiger partial charge in [-0.1, -0.05) is 41.5 Å². The summed E-state index contributed by atoms with van der Waals surface area (Å²) in [5.74, 6) is 0. The Morgan fingerprint density at radius 1 is 1.47 bits per heavy atom. The summed E-state index contributed by atoms with van der Waals surface area (Å²) in [5, 5.41) is 4.16. The molecule has 0 heterocycles. The summed E-state index contributed by atoms with van der Waals surface area (Å²) in [6, 6.07) is 5.42. The quantitative estimate of drug-likeness (QED) is 0.823. The molecule has 0 aliphatic rings. The minimum Gasteiger partial charge on any atom is -0.372 e. The third kappa shape index (κ3) is 3.61. The smallest absolute Gasteiger partial charge is 0.0727 e. The predicted octanol–water partition coefficient (Wildman–Crippen LogP) is 2.93. The minimum absolute atomic E-state index is 0.0164. The molecule has 0 fully saturated rings. The van der Waals surface area contributed by atoms with E-state index in [0.717, 1.165) is 5.56 Å². The van der Waals surface area contributed by atoms with Crippen LogP contribution in [0.5, 0.6) is 0 Å². The second-order valence-corrected chi connectivity index (χ2v) is 4.59. The average molecular weight is 263 g/mol. The number of benzene rings is 1. The van der Waals surface area contributed by atoms with Crippen LogP contribution in [-0.2, 0) is 0 Å². The van der Waals surface area contributed by atoms with E-state index in [0.29, 0.717) is 21.6 Å². The standard InChI is InChI=1S/C10H12Cl2N2S/c1-6(15)14-10(5-13)7-2-3-8(11)9(12)4-7/h2-4,10H,5,13H2,1H3,(H,14,15). The maximum Gasteiger partial charge on any atom is 0.0727 e. The van der Waals surface area contributed by atoms with Gasteiger partial charge in [-0.15, -0.1) is 0 Å². The summed E-state index contributed by atoms with van der Waals surface area (Å²) in [5.41, 5.74) is 6.63. The Balaban J connectivity index is 2.92. The average Bonchev–Trinajstić information content (AvgIpc) is 2.18. The van der Waals surface area contributed by atoms with Gasteiger partial charge in [0.1, 0.15) is 0 Å². The van der Waals surface area contributed by atoms with Crippen LogP contribution in [0.15, 0.2) is 18.2 Å². The molecule has 0 bridgehead atoms. The highest BCUT2D eigenvalue weighted by molar-refractivity contribution is 7.80. The van der Waals surface area contributed by atoms with Crippen LogP contribution in [0.1, 0.15) is 18.5 Å². The molecule has 2 nitrogen and oxygen atoms in total. The van der Waals surface area contributed by atoms with Gasteiger partial charge in [-0.2, -0.15) is 0 Å². The molecular formula is C10H12Cl2N2S. The Labute approximate surface area is 105 Å². The van der Waals surface area contributed by atoms with Crippen molar-refractivity contribution < 1.29 is 0 Å². The van der Waals surface area contributed by atoms with Crippen molar-refractivity contribution in [3.05, 3.63) is 33.8 Å². The topological polar surface area (TPSA) is 38.0 Å². The Morgan fingerprint density at radius 2 is 2.13 bits per heavy atom. The molecule has 1 rings (SSSR count). The first-order valence-electron chi connectivity index (χ1n) is 4.46. The van der Waals surface area contributed by atoms with Crippen LogP contribution in [0, 0.1) is 0 Å². The minimum atomic E-state index is -0.0164. The molecule has 1 aromatic rings. The second-order valence-electron chi connectivity index (χ2n) is 3.16. The van der Waals surface area contributed by atoms with Crippen LogP contribution in [0.2, 0.25) is 10.0 Å². The van der Waals surface area contributed by atoms with Crippen LogP contribution in [0.4, 0.5) is 0 Å². The molecule has 0 aliphatic heterocycles. The highest BCUT2D eigenvalue weighted by atomic mass is 35.5. The largest absolute Gasteiger partial charge is 0.372 e. The number of nitrogens with two attached hydrogens (primary N) is 1. The predicted molar refractivity (Wildman–Crippen MR) is 69.7 cm³/mol. The highest BCUT2D eigenvalue weighted by Gasteiger charge is 2.10. The molecule has 3 N–H and O–H groups in total. The van der Waals surface area contributed by atoms with Crippen LogP contribution in [0.3, 0.4) is 0 Å². The molecule has 0 saturated heterocycles. The molecule has 0 radical (unpaired) electrons. The molecule has 0 amide bonds. The third-order valence-corrected chi connectivity index (χ3v) is 2.82. The molecule has 0 aliphatic carbocycles. The third-order valence-electron chi connectivity index (χ3n) is 1.96. The molecule has 1 atom stereocenters. The Hall–Kier alpha value is -0.350. The zero-order valence-electron chi connectivity index (χ0n) is 8.26. The lowest BCUT2D eigenvalue weighted by Crippen LogP contribution is -2.30. The van der Waals surface area contributed by atoms with Crippen molar-refractivity contribution in [2.75, 3.05) is 6.54 Å². The van der Waals surface area contributed by atoms with Crippen LogP contribution in [-0.4, -0.2) is 11.5 Å². The van der Waals surface area contributed by atoms with E-state index in [1.165, 1.54) is 0 Å². The van der Waals surface area contributed by atoms with E-state index in [4.69, 9.17) is 41.2 Å². The van der Waals surface area contributed by atoms with Crippen LogP contribution < -0.4 is 11.1 Å². The van der Waals surface area contributed by atoms with Crippen LogP contribution in [0.25, 0.3) is 0 Å². The van der Waals surface area contributed by atoms with Crippen molar-refractivity contribution in [3.63, 3.8) is 0 Å². The Kier molecular flexibility index (Phi) is 4.80. The van der Waals surface area contributed by atoms with E-state index in [1.807, 2.05) is 13.0 Å². The first kappa shape index (κ1) is 12.7. The van der Waals surface area contributed by atoms with E-state index < -0.39 is 0 Å². The van der Waals surface area contributed by atoms with Crippen molar-refractivity contribution >= 4 is 40.4 Å². The molecular weight excluding hydrogens is 251 g/mol. The number of rotatable bonds is 3. The first-order chi connectivity index (χ1) is 7.04. The van der Waals surface area contributed by atoms with Crippen molar-refractivity contribution in [2.24, 2.45) is 5.73 Å². The summed E-state index contributed by atoms with van der Waals surface area (Å²) in [7, 11) is 0. The van der Waals surface area contributed by atoms with E-state index in [9.17, 15) is 0 Å². The van der Waals surface area contributed by atoms with Crippen molar-refractivity contribution in [1.29, 1.82) is 0 Å². The lowest BCUT2D eigenvalue weighted by molar-refractivity contribution is 0.662. The second kappa shape index (κ2) is 5.66. The van der Waals surface area contributed by atoms with E-state index in [1.54, 1.807) is 12.1 Å². The summed E-state index contributed by atoms with van der Waals surface area (Å²) in [6.45, 7) is 2.27. The van der Waals surface area contributed by atoms with Gasteiger partial charge >= 0.3 is 0 Å². The summed E-state index contributed by atoms with van der Waals surface area (Å²) >= 11 is 16.7. The molecule has 1 unspecified atom stereocenters. The normalized spacial score (nSPS) is 12.3. The van der Waals surface area contributed by atoms with Gasteiger partial charge in [0.15, 0.2) is 0 Å². The number of halogens is 2. The summed E-state index contributed by atoms with van der Waals surface area (Å²) in [4.78, 5) is 0.705. The van der Waals surface area contributed by atoms with Crippen molar-refractivity contribution in [2.45, 2.75) is 13.0 Å². The fourth-order valence-electron chi connectivity index (χ4n) is 1.25. The zero-order chi connectivity index (χ0) is 11.4. The van der Waals surface area contributed by atoms with Gasteiger partial charge in [0, 0.05) is 6.54 Å². The van der Waals surface area contributed by atoms with E-state index >= 15 is 0 Å². The fraction of sp³-hybridized carbons (Fsp3) is 0.300. The number of nitrogens with one attached hydrogen (secondary N) is 1. The summed E-state index contributed by atoms with van der Waals surface area (Å²) < 4.78 is 0. The lowest BCUT2D eigenvalue weighted by Gasteiger charge is -2.17. The van der Waals surface area contributed by atoms with Gasteiger partial charge in [0.25, 0.3) is 0 Å². The molecule has 82 valence electrons. The molecule has 1 aromatic carbocycles. The van der Waals surface area contributed by atoms with E-state index in [-0.39, 0.29) is 6.04 Å². The maximum atomic E-state index is 5.92. The van der Waals surface area contributed by atoms with Crippen molar-refractivity contribution in [1.82, 2.24) is 5.32 Å². The molecule has 5 heteroatoms. The Bertz CT molecular complexity index is 368. The van der Waals surface area contributed by atoms with Gasteiger partial charge in [-0.05, 0) is 24.6 Å². The molecule has 0 spiro atoms. The fourth-order valence-corrected chi connectivity index (χ4v) is 1.70. The van der Waals surface area contributed by atoms with Crippen molar-refractivity contribution in [3.8, 4) is 0 Å². The van der Waals surface area contributed by atoms with Gasteiger partial charge in [-0.3, -0.25) is 0 Å². The lowest BCUT2D eigenvalue weighted by atomic mass is 10.1. The summed E-state index contributed by atoms with van der Waals surface area (Å²) in [6.07, 6.45) is 0. The van der Waals surface area contributed by atoms with E-state index in [2.05, 4.69) is 5.32 Å². The molecule has 0 saturated carbocycles. The van der Waals surface area contributed by atoms with Gasteiger partial charge in [0.05, 0.1) is 21.1 Å². The monoisotopic (exact) mass is 262 g/mol. The highest BCUT2D eigenvalue weighted by Crippen LogP contribution is 2.25. The zero-order valence-corrected chi connectivity index (χ0v) is 10.6. The number of hydrogen-bond acceptors (Lipinski definition) is 2. The van der Waals surface area contributed by atoms with Crippen LogP contribution >= 0.6 is 35.4 Å². The number of hydrogen-bond donors (Lipinski definition) is 2. The SMILES string of the molecule is CC(=S)NC(CN)c1ccc(Cl)c(Cl)c1. The first-order valence-corrected chi connectivity index (χ1v) is 5.63. The van der Waals surface area contributed by atoms with Gasteiger partial charge in [-0.25, -0.2) is 0 Å². The van der Waals surface area contributed by atoms with Gasteiger partial charge < -0.3 is 11.1 Å². The van der Waals surface area contributed by atoms with Gasteiger partial charge in [0.2, 0.25) is 0 Å².